The number of likely N-dealkylation sites (tertiary alicyclic amines) is 1. The minimum atomic E-state index is -0.846. The van der Waals surface area contributed by atoms with E-state index in [1.807, 2.05) is 0 Å². The number of ether oxygens (including phenoxy) is 2. The van der Waals surface area contributed by atoms with Crippen molar-refractivity contribution in [1.29, 1.82) is 0 Å². The molecule has 1 N–H and O–H groups in total. The summed E-state index contributed by atoms with van der Waals surface area (Å²) in [5.41, 5.74) is 0.496. The molecule has 1 amide bonds. The molecule has 0 spiro atoms. The third kappa shape index (κ3) is 2.09. The van der Waals surface area contributed by atoms with E-state index >= 15 is 0 Å². The molecule has 0 radical (unpaired) electrons. The van der Waals surface area contributed by atoms with Crippen molar-refractivity contribution < 1.29 is 24.2 Å². The van der Waals surface area contributed by atoms with Crippen molar-refractivity contribution in [2.75, 3.05) is 19.9 Å². The fraction of sp³-hybridized carbons (Fsp3) is 0.385. The van der Waals surface area contributed by atoms with Crippen LogP contribution < -0.4 is 9.47 Å². The predicted molar refractivity (Wildman–Crippen MR) is 64.2 cm³/mol. The molecule has 0 aliphatic carbocycles. The second-order valence-electron chi connectivity index (χ2n) is 4.64. The van der Waals surface area contributed by atoms with Crippen molar-refractivity contribution in [1.82, 2.24) is 4.90 Å². The topological polar surface area (TPSA) is 76.1 Å². The van der Waals surface area contributed by atoms with Gasteiger partial charge in [-0.15, -0.1) is 0 Å². The van der Waals surface area contributed by atoms with Gasteiger partial charge < -0.3 is 19.5 Å². The Bertz CT molecular complexity index is 542. The number of nitrogens with zero attached hydrogens (tertiary/aromatic N) is 1. The van der Waals surface area contributed by atoms with E-state index in [-0.39, 0.29) is 19.2 Å². The van der Waals surface area contributed by atoms with Crippen LogP contribution in [0.2, 0.25) is 0 Å². The zero-order chi connectivity index (χ0) is 13.4. The summed E-state index contributed by atoms with van der Waals surface area (Å²) in [6.45, 7) is 0.907. The highest BCUT2D eigenvalue weighted by molar-refractivity contribution is 5.95. The Kier molecular flexibility index (Phi) is 2.77. The molecular formula is C13H13NO5. The summed E-state index contributed by atoms with van der Waals surface area (Å²) >= 11 is 0. The molecule has 1 aromatic rings. The standard InChI is InChI=1S/C13H13NO5/c15-12(14-4-3-9(6-14)13(16)17)8-1-2-10-11(5-8)19-7-18-10/h1-2,5,9H,3-4,6-7H2,(H,16,17)/t9-/m0/s1. The summed E-state index contributed by atoms with van der Waals surface area (Å²) in [5, 5.41) is 8.94. The summed E-state index contributed by atoms with van der Waals surface area (Å²) in [4.78, 5) is 24.7. The number of fused-ring (bicyclic) bond motifs is 1. The monoisotopic (exact) mass is 263 g/mol. The normalized spacial score (nSPS) is 20.6. The Morgan fingerprint density at radius 3 is 2.79 bits per heavy atom. The van der Waals surface area contributed by atoms with E-state index in [0.717, 1.165) is 0 Å². The van der Waals surface area contributed by atoms with Gasteiger partial charge in [0.25, 0.3) is 5.91 Å². The average Bonchev–Trinajstić information content (AvgIpc) is 3.06. The van der Waals surface area contributed by atoms with Gasteiger partial charge in [-0.05, 0) is 24.6 Å². The van der Waals surface area contributed by atoms with E-state index in [4.69, 9.17) is 14.6 Å². The van der Waals surface area contributed by atoms with Crippen LogP contribution in [0.5, 0.6) is 11.5 Å². The van der Waals surface area contributed by atoms with Gasteiger partial charge in [-0.3, -0.25) is 9.59 Å². The zero-order valence-electron chi connectivity index (χ0n) is 10.2. The molecule has 19 heavy (non-hydrogen) atoms. The Labute approximate surface area is 109 Å². The van der Waals surface area contributed by atoms with Crippen LogP contribution in [0, 0.1) is 5.92 Å². The Hall–Kier alpha value is -2.24. The fourth-order valence-electron chi connectivity index (χ4n) is 2.36. The van der Waals surface area contributed by atoms with Crippen LogP contribution in [-0.4, -0.2) is 41.8 Å². The molecule has 0 aromatic heterocycles. The number of hydrogen-bond acceptors (Lipinski definition) is 4. The number of hydrogen-bond donors (Lipinski definition) is 1. The van der Waals surface area contributed by atoms with Crippen LogP contribution in [0.25, 0.3) is 0 Å². The molecule has 6 nitrogen and oxygen atoms in total. The third-order valence-electron chi connectivity index (χ3n) is 3.44. The van der Waals surface area contributed by atoms with Gasteiger partial charge in [0.15, 0.2) is 11.5 Å². The second-order valence-corrected chi connectivity index (χ2v) is 4.64. The maximum Gasteiger partial charge on any atom is 0.308 e. The zero-order valence-corrected chi connectivity index (χ0v) is 10.2. The van der Waals surface area contributed by atoms with Crippen LogP contribution in [0.3, 0.4) is 0 Å². The van der Waals surface area contributed by atoms with Crippen molar-refractivity contribution in [3.8, 4) is 11.5 Å². The number of amides is 1. The Balaban J connectivity index is 1.76. The van der Waals surface area contributed by atoms with Crippen LogP contribution in [-0.2, 0) is 4.79 Å². The number of carbonyl (C=O) groups excluding carboxylic acids is 1. The summed E-state index contributed by atoms with van der Waals surface area (Å²) in [6, 6.07) is 5.00. The Morgan fingerprint density at radius 1 is 1.26 bits per heavy atom. The first-order valence-electron chi connectivity index (χ1n) is 6.07. The van der Waals surface area contributed by atoms with E-state index < -0.39 is 11.9 Å². The largest absolute Gasteiger partial charge is 0.481 e. The molecule has 0 bridgehead atoms. The van der Waals surface area contributed by atoms with Crippen molar-refractivity contribution in [3.05, 3.63) is 23.8 Å². The lowest BCUT2D eigenvalue weighted by molar-refractivity contribution is -0.141. The quantitative estimate of drug-likeness (QED) is 0.860. The van der Waals surface area contributed by atoms with E-state index in [2.05, 4.69) is 0 Å². The van der Waals surface area contributed by atoms with Crippen molar-refractivity contribution in [3.63, 3.8) is 0 Å². The van der Waals surface area contributed by atoms with Gasteiger partial charge in [-0.2, -0.15) is 0 Å². The third-order valence-corrected chi connectivity index (χ3v) is 3.44. The maximum atomic E-state index is 12.3. The summed E-state index contributed by atoms with van der Waals surface area (Å²) in [6.07, 6.45) is 0.506. The smallest absolute Gasteiger partial charge is 0.308 e. The first-order chi connectivity index (χ1) is 9.15. The van der Waals surface area contributed by atoms with Gasteiger partial charge in [-0.1, -0.05) is 0 Å². The molecule has 0 unspecified atom stereocenters. The fourth-order valence-corrected chi connectivity index (χ4v) is 2.36. The maximum absolute atomic E-state index is 12.3. The lowest BCUT2D eigenvalue weighted by Crippen LogP contribution is -2.29. The SMILES string of the molecule is O=C(O)[C@H]1CCN(C(=O)c2ccc3c(c2)OCO3)C1. The molecule has 3 rings (SSSR count). The molecule has 1 saturated heterocycles. The lowest BCUT2D eigenvalue weighted by atomic mass is 10.1. The van der Waals surface area contributed by atoms with E-state index in [1.165, 1.54) is 0 Å². The van der Waals surface area contributed by atoms with Crippen LogP contribution >= 0.6 is 0 Å². The number of aliphatic carboxylic acids is 1. The summed E-state index contributed by atoms with van der Waals surface area (Å²) < 4.78 is 10.4. The van der Waals surface area contributed by atoms with E-state index in [9.17, 15) is 9.59 Å². The van der Waals surface area contributed by atoms with Gasteiger partial charge in [0, 0.05) is 18.7 Å². The molecular weight excluding hydrogens is 250 g/mol. The summed E-state index contributed by atoms with van der Waals surface area (Å²) in [7, 11) is 0. The highest BCUT2D eigenvalue weighted by atomic mass is 16.7. The summed E-state index contributed by atoms with van der Waals surface area (Å²) in [5.74, 6) is -0.290. The number of benzene rings is 1. The van der Waals surface area contributed by atoms with Crippen molar-refractivity contribution in [2.45, 2.75) is 6.42 Å². The first kappa shape index (κ1) is 11.8. The van der Waals surface area contributed by atoms with Gasteiger partial charge in [0.2, 0.25) is 6.79 Å². The molecule has 1 fully saturated rings. The van der Waals surface area contributed by atoms with Crippen LogP contribution in [0.1, 0.15) is 16.8 Å². The molecule has 2 aliphatic rings. The number of carbonyl (C=O) groups is 2. The van der Waals surface area contributed by atoms with E-state index in [1.54, 1.807) is 23.1 Å². The van der Waals surface area contributed by atoms with Crippen molar-refractivity contribution in [2.24, 2.45) is 5.92 Å². The molecule has 2 heterocycles. The minimum Gasteiger partial charge on any atom is -0.481 e. The van der Waals surface area contributed by atoms with Crippen LogP contribution in [0.4, 0.5) is 0 Å². The van der Waals surface area contributed by atoms with Crippen LogP contribution in [0.15, 0.2) is 18.2 Å². The van der Waals surface area contributed by atoms with Crippen molar-refractivity contribution >= 4 is 11.9 Å². The first-order valence-corrected chi connectivity index (χ1v) is 6.07. The number of rotatable bonds is 2. The van der Waals surface area contributed by atoms with E-state index in [0.29, 0.717) is 30.0 Å². The molecule has 1 aromatic carbocycles. The predicted octanol–water partition coefficient (Wildman–Crippen LogP) is 0.962. The minimum absolute atomic E-state index is 0.164. The molecule has 6 heteroatoms. The highest BCUT2D eigenvalue weighted by Crippen LogP contribution is 2.33. The molecule has 1 atom stereocenters. The van der Waals surface area contributed by atoms with Gasteiger partial charge in [-0.25, -0.2) is 0 Å². The second kappa shape index (κ2) is 4.46. The Morgan fingerprint density at radius 2 is 2.05 bits per heavy atom. The highest BCUT2D eigenvalue weighted by Gasteiger charge is 2.31. The lowest BCUT2D eigenvalue weighted by Gasteiger charge is -2.15. The van der Waals surface area contributed by atoms with Gasteiger partial charge in [0.1, 0.15) is 0 Å². The average molecular weight is 263 g/mol. The molecule has 2 aliphatic heterocycles. The number of carboxylic acids is 1. The number of carboxylic acid groups (broad SMARTS) is 1. The molecule has 100 valence electrons. The molecule has 0 saturated carbocycles. The van der Waals surface area contributed by atoms with Gasteiger partial charge >= 0.3 is 5.97 Å². The van der Waals surface area contributed by atoms with Gasteiger partial charge in [0.05, 0.1) is 5.92 Å².